The van der Waals surface area contributed by atoms with Gasteiger partial charge in [-0.25, -0.2) is 9.59 Å². The number of carbonyl (C=O) groups is 2. The molecule has 2 aromatic carbocycles. The van der Waals surface area contributed by atoms with Gasteiger partial charge in [-0.2, -0.15) is 0 Å². The lowest BCUT2D eigenvalue weighted by Gasteiger charge is -2.39. The zero-order valence-corrected chi connectivity index (χ0v) is 33.2. The summed E-state index contributed by atoms with van der Waals surface area (Å²) in [7, 11) is 2.97. The van der Waals surface area contributed by atoms with Crippen LogP contribution in [0.5, 0.6) is 0 Å². The molecular weight excluding hydrogens is 647 g/mol. The molecule has 7 heteroatoms. The fraction of sp³-hybridized carbons (Fsp3) is 0.667. The van der Waals surface area contributed by atoms with Gasteiger partial charge in [-0.15, -0.1) is 0 Å². The van der Waals surface area contributed by atoms with E-state index in [1.54, 1.807) is 48.5 Å². The van der Waals surface area contributed by atoms with Crippen LogP contribution < -0.4 is 0 Å². The third kappa shape index (κ3) is 22.5. The highest BCUT2D eigenvalue weighted by Crippen LogP contribution is 2.37. The fourth-order valence-electron chi connectivity index (χ4n) is 6.28. The standard InChI is InChI=1S/C28H60N.C14H10O4S2/c1-5-9-13-17-21-25-29(26-22-18-14-10-6-2,27-23-19-15-11-7-3)28-24-20-16-12-8-4;15-13(16)9-1-5-11(6-2-9)19-20-12-7-3-10(4-8-12)14(17)18/h5-28H2,1-4H3;1-8H,(H,15,16)(H,17,18)/q+1;. The van der Waals surface area contributed by atoms with Crippen molar-refractivity contribution in [3.05, 3.63) is 59.7 Å². The molecule has 2 N–H and O–H groups in total. The number of hydrogen-bond donors (Lipinski definition) is 2. The van der Waals surface area contributed by atoms with Crippen LogP contribution >= 0.6 is 21.6 Å². The van der Waals surface area contributed by atoms with Crippen LogP contribution in [0, 0.1) is 0 Å². The van der Waals surface area contributed by atoms with E-state index in [0.717, 1.165) is 9.79 Å². The first-order valence-corrected chi connectivity index (χ1v) is 21.8. The second kappa shape index (κ2) is 29.7. The summed E-state index contributed by atoms with van der Waals surface area (Å²) in [5.74, 6) is -1.89. The van der Waals surface area contributed by atoms with Gasteiger partial charge in [0.05, 0.1) is 37.3 Å². The van der Waals surface area contributed by atoms with Gasteiger partial charge in [-0.1, -0.05) is 126 Å². The van der Waals surface area contributed by atoms with Crippen molar-refractivity contribution in [1.29, 1.82) is 0 Å². The number of aromatic carboxylic acids is 2. The first kappa shape index (κ1) is 45.1. The molecule has 0 amide bonds. The minimum Gasteiger partial charge on any atom is -0.478 e. The Balaban J connectivity index is 0.000000520. The molecule has 0 aliphatic carbocycles. The van der Waals surface area contributed by atoms with Gasteiger partial charge >= 0.3 is 11.9 Å². The van der Waals surface area contributed by atoms with Crippen LogP contribution in [0.15, 0.2) is 58.3 Å². The maximum Gasteiger partial charge on any atom is 0.335 e. The number of rotatable bonds is 29. The summed E-state index contributed by atoms with van der Waals surface area (Å²) in [6, 6.07) is 13.2. The summed E-state index contributed by atoms with van der Waals surface area (Å²) < 4.78 is 1.47. The molecule has 0 aliphatic rings. The van der Waals surface area contributed by atoms with Gasteiger partial charge in [0.2, 0.25) is 0 Å². The lowest BCUT2D eigenvalue weighted by molar-refractivity contribution is -0.929. The first-order chi connectivity index (χ1) is 23.8. The van der Waals surface area contributed by atoms with Crippen molar-refractivity contribution in [2.75, 3.05) is 26.2 Å². The van der Waals surface area contributed by atoms with Gasteiger partial charge in [0.25, 0.3) is 0 Å². The van der Waals surface area contributed by atoms with Crippen molar-refractivity contribution in [3.63, 3.8) is 0 Å². The quantitative estimate of drug-likeness (QED) is 0.0496. The molecule has 2 rings (SSSR count). The zero-order valence-electron chi connectivity index (χ0n) is 31.6. The van der Waals surface area contributed by atoms with E-state index in [9.17, 15) is 9.59 Å². The summed E-state index contributed by atoms with van der Waals surface area (Å²) in [4.78, 5) is 23.3. The fourth-order valence-corrected chi connectivity index (χ4v) is 8.21. The number of benzene rings is 2. The van der Waals surface area contributed by atoms with Gasteiger partial charge in [-0.3, -0.25) is 0 Å². The minimum atomic E-state index is -0.946. The van der Waals surface area contributed by atoms with Crippen LogP contribution in [-0.2, 0) is 0 Å². The molecule has 0 atom stereocenters. The van der Waals surface area contributed by atoms with Gasteiger partial charge in [0.15, 0.2) is 0 Å². The van der Waals surface area contributed by atoms with Crippen molar-refractivity contribution >= 4 is 33.5 Å². The molecule has 0 saturated carbocycles. The Bertz CT molecular complexity index is 972. The average molecular weight is 717 g/mol. The Labute approximate surface area is 308 Å². The van der Waals surface area contributed by atoms with E-state index < -0.39 is 11.9 Å². The van der Waals surface area contributed by atoms with Crippen LogP contribution in [0.4, 0.5) is 0 Å². The molecule has 0 aliphatic heterocycles. The number of nitrogens with zero attached hydrogens (tertiary/aromatic N) is 1. The predicted octanol–water partition coefficient (Wildman–Crippen LogP) is 13.6. The van der Waals surface area contributed by atoms with Crippen molar-refractivity contribution in [3.8, 4) is 0 Å². The highest BCUT2D eigenvalue weighted by Gasteiger charge is 2.25. The Kier molecular flexibility index (Phi) is 27.3. The van der Waals surface area contributed by atoms with Crippen LogP contribution in [0.1, 0.15) is 177 Å². The van der Waals surface area contributed by atoms with Crippen molar-refractivity contribution < 1.29 is 24.3 Å². The smallest absolute Gasteiger partial charge is 0.335 e. The van der Waals surface area contributed by atoms with E-state index in [2.05, 4.69) is 27.7 Å². The number of unbranched alkanes of at least 4 members (excludes halogenated alkanes) is 16. The first-order valence-electron chi connectivity index (χ1n) is 19.7. The van der Waals surface area contributed by atoms with Gasteiger partial charge in [-0.05, 0) is 99.9 Å². The summed E-state index contributed by atoms with van der Waals surface area (Å²) >= 11 is 0. The highest BCUT2D eigenvalue weighted by molar-refractivity contribution is 8.76. The van der Waals surface area contributed by atoms with E-state index in [-0.39, 0.29) is 11.1 Å². The van der Waals surface area contributed by atoms with E-state index in [0.29, 0.717) is 0 Å². The van der Waals surface area contributed by atoms with E-state index in [1.165, 1.54) is 181 Å². The Morgan fingerprint density at radius 3 is 0.898 bits per heavy atom. The van der Waals surface area contributed by atoms with Crippen molar-refractivity contribution in [2.45, 2.75) is 166 Å². The largest absolute Gasteiger partial charge is 0.478 e. The van der Waals surface area contributed by atoms with Gasteiger partial charge in [0.1, 0.15) is 0 Å². The molecule has 0 fully saturated rings. The number of carboxylic acid groups (broad SMARTS) is 2. The van der Waals surface area contributed by atoms with E-state index in [1.807, 2.05) is 0 Å². The Hall–Kier alpha value is -1.96. The highest BCUT2D eigenvalue weighted by atomic mass is 33.1. The molecule has 0 heterocycles. The lowest BCUT2D eigenvalue weighted by Crippen LogP contribution is -2.50. The Morgan fingerprint density at radius 2 is 0.673 bits per heavy atom. The molecule has 0 bridgehead atoms. The zero-order chi connectivity index (χ0) is 36.0. The summed E-state index contributed by atoms with van der Waals surface area (Å²) in [5, 5.41) is 17.6. The molecule has 278 valence electrons. The van der Waals surface area contributed by atoms with Crippen LogP contribution in [-0.4, -0.2) is 52.8 Å². The predicted molar refractivity (Wildman–Crippen MR) is 213 cm³/mol. The second-order valence-corrected chi connectivity index (χ2v) is 16.0. The SMILES string of the molecule is CCCCCCC[N+](CCCCCCC)(CCCCCCC)CCCCCCC.O=C(O)c1ccc(SSc2ccc(C(=O)O)cc2)cc1. The molecule has 5 nitrogen and oxygen atoms in total. The summed E-state index contributed by atoms with van der Waals surface area (Å²) in [6.45, 7) is 15.2. The molecule has 0 aromatic heterocycles. The number of hydrogen-bond acceptors (Lipinski definition) is 4. The normalized spacial score (nSPS) is 11.3. The summed E-state index contributed by atoms with van der Waals surface area (Å²) in [6.07, 6.45) is 28.8. The van der Waals surface area contributed by atoms with Crippen LogP contribution in [0.2, 0.25) is 0 Å². The molecule has 2 aromatic rings. The molecular formula is C42H70NO4S2+. The third-order valence-corrected chi connectivity index (χ3v) is 11.8. The molecule has 0 radical (unpaired) electrons. The monoisotopic (exact) mass is 716 g/mol. The Morgan fingerprint density at radius 1 is 0.429 bits per heavy atom. The third-order valence-electron chi connectivity index (χ3n) is 9.38. The topological polar surface area (TPSA) is 74.6 Å². The van der Waals surface area contributed by atoms with Crippen LogP contribution in [0.3, 0.4) is 0 Å². The second-order valence-electron chi connectivity index (χ2n) is 13.7. The molecule has 0 spiro atoms. The van der Waals surface area contributed by atoms with Crippen molar-refractivity contribution in [2.24, 2.45) is 0 Å². The minimum absolute atomic E-state index is 0.255. The number of carboxylic acids is 2. The van der Waals surface area contributed by atoms with E-state index >= 15 is 0 Å². The van der Waals surface area contributed by atoms with Gasteiger partial charge in [0, 0.05) is 9.79 Å². The molecule has 0 unspecified atom stereocenters. The van der Waals surface area contributed by atoms with Gasteiger partial charge < -0.3 is 14.7 Å². The maximum absolute atomic E-state index is 10.7. The van der Waals surface area contributed by atoms with Crippen molar-refractivity contribution in [1.82, 2.24) is 0 Å². The maximum atomic E-state index is 10.7. The van der Waals surface area contributed by atoms with E-state index in [4.69, 9.17) is 10.2 Å². The summed E-state index contributed by atoms with van der Waals surface area (Å²) in [5.41, 5.74) is 0.510. The number of quaternary nitrogens is 1. The lowest BCUT2D eigenvalue weighted by atomic mass is 10.1. The molecule has 0 saturated heterocycles. The average Bonchev–Trinajstić information content (AvgIpc) is 3.11. The van der Waals surface area contributed by atoms with Crippen LogP contribution in [0.25, 0.3) is 0 Å². The molecule has 49 heavy (non-hydrogen) atoms.